The Morgan fingerprint density at radius 2 is 1.35 bits per heavy atom. The van der Waals surface area contributed by atoms with E-state index in [1.54, 1.807) is 16.4 Å². The lowest BCUT2D eigenvalue weighted by Gasteiger charge is -2.35. The zero-order chi connectivity index (χ0) is 22.4. The molecule has 1 fully saturated rings. The van der Waals surface area contributed by atoms with E-state index >= 15 is 0 Å². The topological polar surface area (TPSA) is 49.4 Å². The molecular weight excluding hydrogens is 404 g/mol. The summed E-state index contributed by atoms with van der Waals surface area (Å²) < 4.78 is 28.0. The van der Waals surface area contributed by atoms with E-state index in [0.29, 0.717) is 11.4 Å². The molecule has 0 aliphatic carbocycles. The van der Waals surface area contributed by atoms with Crippen LogP contribution in [0.25, 0.3) is 0 Å². The van der Waals surface area contributed by atoms with Crippen molar-refractivity contribution in [1.82, 2.24) is 9.62 Å². The fourth-order valence-corrected chi connectivity index (χ4v) is 6.20. The Kier molecular flexibility index (Phi) is 12.8. The summed E-state index contributed by atoms with van der Waals surface area (Å²) in [5.74, 6) is 0. The number of nitrogens with one attached hydrogen (secondary N) is 1. The number of benzene rings is 1. The molecule has 4 nitrogen and oxygen atoms in total. The first-order valence-electron chi connectivity index (χ1n) is 12.8. The lowest BCUT2D eigenvalue weighted by atomic mass is 10.0. The maximum absolute atomic E-state index is 13.1. The Bertz CT molecular complexity index is 688. The minimum atomic E-state index is -3.40. The summed E-state index contributed by atoms with van der Waals surface area (Å²) in [7, 11) is -3.40. The molecule has 0 radical (unpaired) electrons. The summed E-state index contributed by atoms with van der Waals surface area (Å²) in [4.78, 5) is 0.426. The van der Waals surface area contributed by atoms with Gasteiger partial charge in [-0.25, -0.2) is 8.42 Å². The van der Waals surface area contributed by atoms with Crippen LogP contribution >= 0.6 is 0 Å². The van der Waals surface area contributed by atoms with Gasteiger partial charge in [0.25, 0.3) is 0 Å². The van der Waals surface area contributed by atoms with Crippen molar-refractivity contribution in [3.8, 4) is 0 Å². The smallest absolute Gasteiger partial charge is 0.243 e. The van der Waals surface area contributed by atoms with Crippen molar-refractivity contribution in [3.05, 3.63) is 29.8 Å². The second-order valence-corrected chi connectivity index (χ2v) is 11.2. The SMILES string of the molecule is CCCCCCCCCCCCCCCC1CNCCN1S(=O)(=O)c1ccc(C)cc1. The Hall–Kier alpha value is -0.910. The highest BCUT2D eigenvalue weighted by Gasteiger charge is 2.32. The van der Waals surface area contributed by atoms with Crippen LogP contribution in [-0.2, 0) is 10.0 Å². The van der Waals surface area contributed by atoms with Gasteiger partial charge in [0, 0.05) is 25.7 Å². The van der Waals surface area contributed by atoms with Crippen molar-refractivity contribution in [2.75, 3.05) is 19.6 Å². The van der Waals surface area contributed by atoms with Crippen molar-refractivity contribution < 1.29 is 8.42 Å². The highest BCUT2D eigenvalue weighted by atomic mass is 32.2. The van der Waals surface area contributed by atoms with E-state index in [1.165, 1.54) is 77.0 Å². The molecule has 0 spiro atoms. The lowest BCUT2D eigenvalue weighted by molar-refractivity contribution is 0.250. The molecule has 1 aromatic rings. The normalized spacial score (nSPS) is 17.8. The third-order valence-corrected chi connectivity index (χ3v) is 8.53. The van der Waals surface area contributed by atoms with Crippen molar-refractivity contribution in [1.29, 1.82) is 0 Å². The van der Waals surface area contributed by atoms with Gasteiger partial charge in [-0.3, -0.25) is 0 Å². The van der Waals surface area contributed by atoms with E-state index < -0.39 is 10.0 Å². The van der Waals surface area contributed by atoms with Gasteiger partial charge >= 0.3 is 0 Å². The molecule has 1 atom stereocenters. The highest BCUT2D eigenvalue weighted by Crippen LogP contribution is 2.23. The molecule has 1 heterocycles. The predicted molar refractivity (Wildman–Crippen MR) is 132 cm³/mol. The zero-order valence-corrected chi connectivity index (χ0v) is 20.9. The molecule has 1 saturated heterocycles. The molecule has 1 N–H and O–H groups in total. The molecule has 1 unspecified atom stereocenters. The summed E-state index contributed by atoms with van der Waals surface area (Å²) in [6, 6.07) is 7.34. The lowest BCUT2D eigenvalue weighted by Crippen LogP contribution is -2.53. The van der Waals surface area contributed by atoms with Gasteiger partial charge in [0.05, 0.1) is 4.90 Å². The number of hydrogen-bond acceptors (Lipinski definition) is 3. The monoisotopic (exact) mass is 450 g/mol. The molecule has 1 aliphatic heterocycles. The molecule has 2 rings (SSSR count). The van der Waals surface area contributed by atoms with Crippen LogP contribution in [-0.4, -0.2) is 38.4 Å². The van der Waals surface area contributed by atoms with Gasteiger partial charge in [-0.15, -0.1) is 0 Å². The van der Waals surface area contributed by atoms with Crippen molar-refractivity contribution in [2.24, 2.45) is 0 Å². The largest absolute Gasteiger partial charge is 0.314 e. The number of nitrogens with zero attached hydrogens (tertiary/aromatic N) is 1. The predicted octanol–water partition coefficient (Wildman–Crippen LogP) is 6.44. The Morgan fingerprint density at radius 3 is 1.90 bits per heavy atom. The van der Waals surface area contributed by atoms with Crippen molar-refractivity contribution in [2.45, 2.75) is 115 Å². The summed E-state index contributed by atoms with van der Waals surface area (Å²) in [6.45, 7) is 6.33. The fraction of sp³-hybridized carbons (Fsp3) is 0.769. The highest BCUT2D eigenvalue weighted by molar-refractivity contribution is 7.89. The first-order valence-corrected chi connectivity index (χ1v) is 14.3. The number of rotatable bonds is 16. The van der Waals surface area contributed by atoms with Crippen molar-refractivity contribution in [3.63, 3.8) is 0 Å². The van der Waals surface area contributed by atoms with Crippen LogP contribution in [0.5, 0.6) is 0 Å². The van der Waals surface area contributed by atoms with E-state index in [-0.39, 0.29) is 6.04 Å². The maximum Gasteiger partial charge on any atom is 0.243 e. The molecule has 5 heteroatoms. The average molecular weight is 451 g/mol. The molecule has 1 aromatic carbocycles. The van der Waals surface area contributed by atoms with Crippen LogP contribution in [0, 0.1) is 6.92 Å². The maximum atomic E-state index is 13.1. The Labute approximate surface area is 192 Å². The third kappa shape index (κ3) is 9.63. The van der Waals surface area contributed by atoms with Gasteiger partial charge in [0.15, 0.2) is 0 Å². The molecular formula is C26H46N2O2S. The molecule has 0 amide bonds. The fourth-order valence-electron chi connectivity index (χ4n) is 4.55. The van der Waals surface area contributed by atoms with Gasteiger partial charge < -0.3 is 5.32 Å². The summed E-state index contributed by atoms with van der Waals surface area (Å²) >= 11 is 0. The number of piperazine rings is 1. The number of unbranched alkanes of at least 4 members (excludes halogenated alkanes) is 12. The van der Waals surface area contributed by atoms with Crippen molar-refractivity contribution >= 4 is 10.0 Å². The van der Waals surface area contributed by atoms with E-state index in [1.807, 2.05) is 19.1 Å². The number of sulfonamides is 1. The van der Waals surface area contributed by atoms with E-state index in [4.69, 9.17) is 0 Å². The minimum Gasteiger partial charge on any atom is -0.314 e. The third-order valence-electron chi connectivity index (χ3n) is 6.56. The zero-order valence-electron chi connectivity index (χ0n) is 20.1. The van der Waals surface area contributed by atoms with Gasteiger partial charge in [0.1, 0.15) is 0 Å². The van der Waals surface area contributed by atoms with Crippen LogP contribution < -0.4 is 5.32 Å². The number of hydrogen-bond donors (Lipinski definition) is 1. The quantitative estimate of drug-likeness (QED) is 0.295. The second-order valence-electron chi connectivity index (χ2n) is 9.32. The Morgan fingerprint density at radius 1 is 0.839 bits per heavy atom. The first kappa shape index (κ1) is 26.3. The van der Waals surface area contributed by atoms with E-state index in [0.717, 1.165) is 31.5 Å². The Balaban J connectivity index is 1.61. The standard InChI is InChI=1S/C26H46N2O2S/c1-3-4-5-6-7-8-9-10-11-12-13-14-15-16-25-23-27-21-22-28(25)31(29,30)26-19-17-24(2)18-20-26/h17-20,25,27H,3-16,21-23H2,1-2H3. The molecule has 31 heavy (non-hydrogen) atoms. The second kappa shape index (κ2) is 15.0. The van der Waals surface area contributed by atoms with Crippen LogP contribution in [0.3, 0.4) is 0 Å². The summed E-state index contributed by atoms with van der Waals surface area (Å²) in [5.41, 5.74) is 1.09. The number of aryl methyl sites for hydroxylation is 1. The van der Waals surface area contributed by atoms with Crippen LogP contribution in [0.2, 0.25) is 0 Å². The molecule has 0 bridgehead atoms. The molecule has 1 aliphatic rings. The minimum absolute atomic E-state index is 0.0766. The summed E-state index contributed by atoms with van der Waals surface area (Å²) in [6.07, 6.45) is 18.4. The van der Waals surface area contributed by atoms with Gasteiger partial charge in [-0.05, 0) is 25.5 Å². The van der Waals surface area contributed by atoms with Crippen LogP contribution in [0.15, 0.2) is 29.2 Å². The summed E-state index contributed by atoms with van der Waals surface area (Å²) in [5, 5.41) is 3.39. The van der Waals surface area contributed by atoms with Crippen LogP contribution in [0.1, 0.15) is 102 Å². The van der Waals surface area contributed by atoms with Gasteiger partial charge in [-0.1, -0.05) is 108 Å². The van der Waals surface area contributed by atoms with E-state index in [2.05, 4.69) is 12.2 Å². The average Bonchev–Trinajstić information content (AvgIpc) is 2.77. The first-order chi connectivity index (χ1) is 15.1. The van der Waals surface area contributed by atoms with Gasteiger partial charge in [0.2, 0.25) is 10.0 Å². The van der Waals surface area contributed by atoms with E-state index in [9.17, 15) is 8.42 Å². The molecule has 178 valence electrons. The van der Waals surface area contributed by atoms with Crippen LogP contribution in [0.4, 0.5) is 0 Å². The van der Waals surface area contributed by atoms with Gasteiger partial charge in [-0.2, -0.15) is 4.31 Å². The molecule has 0 aromatic heterocycles. The molecule has 0 saturated carbocycles.